The minimum atomic E-state index is -0.966. The van der Waals surface area contributed by atoms with Gasteiger partial charge >= 0.3 is 0 Å². The number of carbonyl (C=O) groups excluding carboxylic acids is 1. The van der Waals surface area contributed by atoms with Gasteiger partial charge in [-0.3, -0.25) is 4.79 Å². The van der Waals surface area contributed by atoms with Crippen molar-refractivity contribution in [2.24, 2.45) is 0 Å². The molecule has 0 aromatic rings. The van der Waals surface area contributed by atoms with Gasteiger partial charge in [0.1, 0.15) is 0 Å². The van der Waals surface area contributed by atoms with Gasteiger partial charge in [-0.1, -0.05) is 0 Å². The van der Waals surface area contributed by atoms with Crippen LogP contribution in [0.2, 0.25) is 0 Å². The number of carbonyl (C=O) groups is 1. The van der Waals surface area contributed by atoms with Crippen molar-refractivity contribution in [3.8, 4) is 0 Å². The molecule has 4 heteroatoms. The fraction of sp³-hybridized carbons (Fsp3) is 0.700. The normalized spacial score (nSPS) is 33.1. The molecule has 0 spiro atoms. The number of allylic oxidation sites excluding steroid dienone is 1. The van der Waals surface area contributed by atoms with Crippen molar-refractivity contribution < 1.29 is 19.4 Å². The van der Waals surface area contributed by atoms with Gasteiger partial charge in [0.15, 0.2) is 12.1 Å². The zero-order valence-electron chi connectivity index (χ0n) is 7.94. The van der Waals surface area contributed by atoms with Gasteiger partial charge in [-0.05, 0) is 18.6 Å². The van der Waals surface area contributed by atoms with Gasteiger partial charge in [-0.15, -0.1) is 0 Å². The Hall–Kier alpha value is -0.710. The average molecular weight is 198 g/mol. The predicted molar refractivity (Wildman–Crippen MR) is 48.6 cm³/mol. The van der Waals surface area contributed by atoms with Crippen molar-refractivity contribution >= 4 is 5.78 Å². The Labute approximate surface area is 82.5 Å². The van der Waals surface area contributed by atoms with E-state index in [4.69, 9.17) is 9.47 Å². The number of hydrogen-bond acceptors (Lipinski definition) is 4. The lowest BCUT2D eigenvalue weighted by Crippen LogP contribution is -2.26. The maximum atomic E-state index is 10.9. The summed E-state index contributed by atoms with van der Waals surface area (Å²) < 4.78 is 10.5. The summed E-state index contributed by atoms with van der Waals surface area (Å²) in [7, 11) is 0. The highest BCUT2D eigenvalue weighted by Crippen LogP contribution is 2.27. The predicted octanol–water partition coefficient (Wildman–Crippen LogP) is 0.400. The molecule has 2 aliphatic rings. The van der Waals surface area contributed by atoms with Crippen LogP contribution in [0, 0.1) is 0 Å². The molecule has 2 rings (SSSR count). The first-order chi connectivity index (χ1) is 6.68. The summed E-state index contributed by atoms with van der Waals surface area (Å²) in [5.41, 5.74) is -0.966. The van der Waals surface area contributed by atoms with Crippen molar-refractivity contribution in [1.29, 1.82) is 0 Å². The molecule has 1 atom stereocenters. The van der Waals surface area contributed by atoms with E-state index in [1.165, 1.54) is 6.08 Å². The van der Waals surface area contributed by atoms with E-state index >= 15 is 0 Å². The average Bonchev–Trinajstić information content (AvgIpc) is 2.73. The largest absolute Gasteiger partial charge is 0.385 e. The summed E-state index contributed by atoms with van der Waals surface area (Å²) in [6, 6.07) is 0. The molecule has 0 radical (unpaired) electrons. The summed E-state index contributed by atoms with van der Waals surface area (Å²) in [6.45, 7) is 1.25. The minimum absolute atomic E-state index is 0.0132. The molecule has 1 aliphatic carbocycles. The van der Waals surface area contributed by atoms with E-state index in [1.54, 1.807) is 6.08 Å². The molecular weight excluding hydrogens is 184 g/mol. The van der Waals surface area contributed by atoms with Gasteiger partial charge < -0.3 is 14.6 Å². The zero-order chi connectivity index (χ0) is 10.0. The smallest absolute Gasteiger partial charge is 0.158 e. The van der Waals surface area contributed by atoms with E-state index in [2.05, 4.69) is 0 Å². The fourth-order valence-corrected chi connectivity index (χ4v) is 1.78. The first-order valence-corrected chi connectivity index (χ1v) is 4.86. The van der Waals surface area contributed by atoms with Gasteiger partial charge in [0.05, 0.1) is 18.8 Å². The molecular formula is C10H14O4. The van der Waals surface area contributed by atoms with Gasteiger partial charge in [-0.25, -0.2) is 0 Å². The second-order valence-corrected chi connectivity index (χ2v) is 3.79. The Bertz CT molecular complexity index is 255. The third kappa shape index (κ3) is 2.20. The van der Waals surface area contributed by atoms with Crippen LogP contribution in [-0.4, -0.2) is 36.0 Å². The Balaban J connectivity index is 1.79. The molecule has 14 heavy (non-hydrogen) atoms. The number of rotatable bonds is 3. The van der Waals surface area contributed by atoms with Crippen molar-refractivity contribution in [3.63, 3.8) is 0 Å². The summed E-state index contributed by atoms with van der Waals surface area (Å²) >= 11 is 0. The first kappa shape index (κ1) is 9.83. The first-order valence-electron chi connectivity index (χ1n) is 4.86. The highest BCUT2D eigenvalue weighted by Gasteiger charge is 2.32. The molecule has 78 valence electrons. The van der Waals surface area contributed by atoms with E-state index in [1.807, 2.05) is 0 Å². The molecule has 0 aromatic heterocycles. The van der Waals surface area contributed by atoms with E-state index in [9.17, 15) is 9.90 Å². The molecule has 1 saturated heterocycles. The SMILES string of the molecule is O=C1C=CC(O)(CCC2OCCO2)C1. The van der Waals surface area contributed by atoms with Crippen LogP contribution in [-0.2, 0) is 14.3 Å². The second kappa shape index (κ2) is 3.81. The Kier molecular flexibility index (Phi) is 2.67. The highest BCUT2D eigenvalue weighted by molar-refractivity contribution is 5.93. The monoisotopic (exact) mass is 198 g/mol. The van der Waals surface area contributed by atoms with Crippen LogP contribution in [0.1, 0.15) is 19.3 Å². The molecule has 0 bridgehead atoms. The Morgan fingerprint density at radius 2 is 2.21 bits per heavy atom. The highest BCUT2D eigenvalue weighted by atomic mass is 16.7. The number of aliphatic hydroxyl groups is 1. The summed E-state index contributed by atoms with van der Waals surface area (Å²) in [4.78, 5) is 10.9. The quantitative estimate of drug-likeness (QED) is 0.713. The zero-order valence-corrected chi connectivity index (χ0v) is 7.94. The van der Waals surface area contributed by atoms with Crippen LogP contribution >= 0.6 is 0 Å². The lowest BCUT2D eigenvalue weighted by molar-refractivity contribution is -0.117. The van der Waals surface area contributed by atoms with Crippen LogP contribution in [0.15, 0.2) is 12.2 Å². The number of ether oxygens (including phenoxy) is 2. The number of hydrogen-bond donors (Lipinski definition) is 1. The van der Waals surface area contributed by atoms with Crippen molar-refractivity contribution in [2.45, 2.75) is 31.2 Å². The Morgan fingerprint density at radius 1 is 1.50 bits per heavy atom. The van der Waals surface area contributed by atoms with Crippen LogP contribution < -0.4 is 0 Å². The maximum absolute atomic E-state index is 10.9. The topological polar surface area (TPSA) is 55.8 Å². The van der Waals surface area contributed by atoms with Crippen molar-refractivity contribution in [2.75, 3.05) is 13.2 Å². The molecule has 1 N–H and O–H groups in total. The summed E-state index contributed by atoms with van der Waals surface area (Å²) in [5.74, 6) is -0.0132. The summed E-state index contributed by atoms with van der Waals surface area (Å²) in [6.07, 6.45) is 4.15. The molecule has 0 aromatic carbocycles. The lowest BCUT2D eigenvalue weighted by Gasteiger charge is -2.20. The van der Waals surface area contributed by atoms with E-state index in [0.717, 1.165) is 0 Å². The molecule has 4 nitrogen and oxygen atoms in total. The number of ketones is 1. The third-order valence-electron chi connectivity index (χ3n) is 2.56. The molecule has 1 aliphatic heterocycles. The fourth-order valence-electron chi connectivity index (χ4n) is 1.78. The van der Waals surface area contributed by atoms with Crippen LogP contribution in [0.5, 0.6) is 0 Å². The molecule has 0 amide bonds. The van der Waals surface area contributed by atoms with Crippen LogP contribution in [0.25, 0.3) is 0 Å². The lowest BCUT2D eigenvalue weighted by atomic mass is 9.97. The summed E-state index contributed by atoms with van der Waals surface area (Å²) in [5, 5.41) is 9.90. The molecule has 0 saturated carbocycles. The van der Waals surface area contributed by atoms with Gasteiger partial charge in [0.2, 0.25) is 0 Å². The van der Waals surface area contributed by atoms with Gasteiger partial charge in [-0.2, -0.15) is 0 Å². The third-order valence-corrected chi connectivity index (χ3v) is 2.56. The molecule has 1 heterocycles. The van der Waals surface area contributed by atoms with Gasteiger partial charge in [0.25, 0.3) is 0 Å². The van der Waals surface area contributed by atoms with Gasteiger partial charge in [0, 0.05) is 12.8 Å². The molecule has 1 unspecified atom stereocenters. The maximum Gasteiger partial charge on any atom is 0.158 e. The van der Waals surface area contributed by atoms with Crippen molar-refractivity contribution in [1.82, 2.24) is 0 Å². The van der Waals surface area contributed by atoms with Crippen LogP contribution in [0.3, 0.4) is 0 Å². The van der Waals surface area contributed by atoms with E-state index in [-0.39, 0.29) is 18.5 Å². The molecule has 1 fully saturated rings. The Morgan fingerprint density at radius 3 is 2.79 bits per heavy atom. The second-order valence-electron chi connectivity index (χ2n) is 3.79. The van der Waals surface area contributed by atoms with E-state index < -0.39 is 5.60 Å². The minimum Gasteiger partial charge on any atom is -0.385 e. The standard InChI is InChI=1S/C10H14O4/c11-8-1-3-10(12,7-8)4-2-9-13-5-6-14-9/h1,3,9,12H,2,4-7H2. The van der Waals surface area contributed by atoms with Crippen LogP contribution in [0.4, 0.5) is 0 Å². The van der Waals surface area contributed by atoms with E-state index in [0.29, 0.717) is 26.1 Å². The van der Waals surface area contributed by atoms with Crippen molar-refractivity contribution in [3.05, 3.63) is 12.2 Å².